The first-order valence-electron chi connectivity index (χ1n) is 5.73. The molecule has 18 heavy (non-hydrogen) atoms. The van der Waals surface area contributed by atoms with Gasteiger partial charge < -0.3 is 4.74 Å². The Hall–Kier alpha value is -1.11. The minimum atomic E-state index is -3.38. The fourth-order valence-electron chi connectivity index (χ4n) is 1.52. The van der Waals surface area contributed by atoms with Gasteiger partial charge in [-0.15, -0.1) is 0 Å². The van der Waals surface area contributed by atoms with Crippen LogP contribution in [0.2, 0.25) is 0 Å². The zero-order valence-corrected chi connectivity index (χ0v) is 12.0. The maximum absolute atomic E-state index is 11.6. The second kappa shape index (κ2) is 6.17. The normalized spacial score (nSPS) is 11.8. The maximum atomic E-state index is 11.6. The Balaban J connectivity index is 2.81. The first-order valence-corrected chi connectivity index (χ1v) is 7.17. The summed E-state index contributed by atoms with van der Waals surface area (Å²) in [5.74, 6) is 0.830. The molecule has 1 aromatic rings. The molecule has 0 atom stereocenters. The highest BCUT2D eigenvalue weighted by Gasteiger charge is 2.12. The zero-order valence-electron chi connectivity index (χ0n) is 11.2. The highest BCUT2D eigenvalue weighted by atomic mass is 32.2. The van der Waals surface area contributed by atoms with Gasteiger partial charge in [-0.1, -0.05) is 19.1 Å². The number of benzene rings is 1. The highest BCUT2D eigenvalue weighted by Crippen LogP contribution is 2.20. The monoisotopic (exact) mass is 272 g/mol. The van der Waals surface area contributed by atoms with Crippen LogP contribution >= 0.6 is 0 Å². The van der Waals surface area contributed by atoms with E-state index >= 15 is 0 Å². The minimum Gasteiger partial charge on any atom is -0.496 e. The molecule has 1 aromatic carbocycles. The molecule has 0 saturated heterocycles. The van der Waals surface area contributed by atoms with Crippen LogP contribution in [0.1, 0.15) is 18.1 Å². The predicted molar refractivity (Wildman–Crippen MR) is 71.8 cm³/mol. The van der Waals surface area contributed by atoms with E-state index in [0.29, 0.717) is 0 Å². The lowest BCUT2D eigenvalue weighted by molar-refractivity contribution is 0.410. The van der Waals surface area contributed by atoms with Crippen molar-refractivity contribution >= 4 is 10.2 Å². The van der Waals surface area contributed by atoms with E-state index in [4.69, 9.17) is 4.74 Å². The summed E-state index contributed by atoms with van der Waals surface area (Å²) in [6.45, 7) is 2.31. The van der Waals surface area contributed by atoms with E-state index in [9.17, 15) is 8.42 Å². The van der Waals surface area contributed by atoms with Gasteiger partial charge in [-0.2, -0.15) is 17.4 Å². The van der Waals surface area contributed by atoms with E-state index in [1.807, 2.05) is 25.1 Å². The minimum absolute atomic E-state index is 0.275. The number of aryl methyl sites for hydroxylation is 1. The molecule has 1 N–H and O–H groups in total. The van der Waals surface area contributed by atoms with Crippen LogP contribution in [0.3, 0.4) is 0 Å². The van der Waals surface area contributed by atoms with Crippen LogP contribution in [0, 0.1) is 0 Å². The first-order chi connectivity index (χ1) is 8.40. The number of ether oxygens (including phenoxy) is 1. The predicted octanol–water partition coefficient (Wildman–Crippen LogP) is 1.15. The number of hydrogen-bond acceptors (Lipinski definition) is 3. The second-order valence-corrected chi connectivity index (χ2v) is 6.08. The SMILES string of the molecule is CCc1cc(CNS(=O)(=O)N(C)C)ccc1OC. The average Bonchev–Trinajstić information content (AvgIpc) is 2.35. The van der Waals surface area contributed by atoms with Gasteiger partial charge in [0, 0.05) is 20.6 Å². The standard InChI is InChI=1S/C12H20N2O3S/c1-5-11-8-10(6-7-12(11)17-4)9-13-18(15,16)14(2)3/h6-8,13H,5,9H2,1-4H3. The van der Waals surface area contributed by atoms with Gasteiger partial charge in [-0.3, -0.25) is 0 Å². The van der Waals surface area contributed by atoms with E-state index in [1.165, 1.54) is 14.1 Å². The average molecular weight is 272 g/mol. The Morgan fingerprint density at radius 3 is 2.50 bits per heavy atom. The van der Waals surface area contributed by atoms with Gasteiger partial charge in [-0.05, 0) is 23.6 Å². The van der Waals surface area contributed by atoms with Gasteiger partial charge in [0.25, 0.3) is 10.2 Å². The number of rotatable bonds is 6. The van der Waals surface area contributed by atoms with E-state index in [-0.39, 0.29) is 6.54 Å². The summed E-state index contributed by atoms with van der Waals surface area (Å²) in [7, 11) is 1.24. The van der Waals surface area contributed by atoms with Crippen LogP contribution in [-0.2, 0) is 23.2 Å². The maximum Gasteiger partial charge on any atom is 0.279 e. The summed E-state index contributed by atoms with van der Waals surface area (Å²) >= 11 is 0. The molecule has 1 rings (SSSR count). The lowest BCUT2D eigenvalue weighted by Gasteiger charge is -2.13. The van der Waals surface area contributed by atoms with Crippen molar-refractivity contribution in [1.29, 1.82) is 0 Å². The summed E-state index contributed by atoms with van der Waals surface area (Å²) in [6.07, 6.45) is 0.845. The van der Waals surface area contributed by atoms with Gasteiger partial charge in [0.2, 0.25) is 0 Å². The molecule has 0 aliphatic carbocycles. The molecular weight excluding hydrogens is 252 g/mol. The molecule has 0 saturated carbocycles. The molecule has 0 heterocycles. The summed E-state index contributed by atoms with van der Waals surface area (Å²) < 4.78 is 32.0. The Morgan fingerprint density at radius 1 is 1.33 bits per heavy atom. The van der Waals surface area contributed by atoms with Crippen molar-refractivity contribution in [1.82, 2.24) is 9.03 Å². The van der Waals surface area contributed by atoms with Gasteiger partial charge >= 0.3 is 0 Å². The lowest BCUT2D eigenvalue weighted by atomic mass is 10.1. The molecule has 0 aliphatic heterocycles. The van der Waals surface area contributed by atoms with E-state index in [1.54, 1.807) is 7.11 Å². The Morgan fingerprint density at radius 2 is 2.00 bits per heavy atom. The van der Waals surface area contributed by atoms with E-state index in [2.05, 4.69) is 4.72 Å². The first kappa shape index (κ1) is 14.9. The molecule has 0 spiro atoms. The van der Waals surface area contributed by atoms with Gasteiger partial charge in [0.1, 0.15) is 5.75 Å². The third kappa shape index (κ3) is 3.69. The van der Waals surface area contributed by atoms with Crippen molar-refractivity contribution < 1.29 is 13.2 Å². The van der Waals surface area contributed by atoms with Crippen LogP contribution in [-0.4, -0.2) is 33.9 Å². The lowest BCUT2D eigenvalue weighted by Crippen LogP contribution is -2.35. The third-order valence-corrected chi connectivity index (χ3v) is 4.14. The topological polar surface area (TPSA) is 58.6 Å². The van der Waals surface area contributed by atoms with Crippen LogP contribution in [0.5, 0.6) is 5.75 Å². The summed E-state index contributed by atoms with van der Waals surface area (Å²) in [5, 5.41) is 0. The van der Waals surface area contributed by atoms with Gasteiger partial charge in [-0.25, -0.2) is 0 Å². The number of methoxy groups -OCH3 is 1. The van der Waals surface area contributed by atoms with Crippen molar-refractivity contribution in [3.63, 3.8) is 0 Å². The Bertz CT molecular complexity index is 498. The number of nitrogens with zero attached hydrogens (tertiary/aromatic N) is 1. The van der Waals surface area contributed by atoms with Crippen molar-refractivity contribution in [2.45, 2.75) is 19.9 Å². The molecule has 0 unspecified atom stereocenters. The summed E-state index contributed by atoms with van der Waals surface area (Å²) in [4.78, 5) is 0. The zero-order chi connectivity index (χ0) is 13.8. The van der Waals surface area contributed by atoms with Crippen molar-refractivity contribution in [2.75, 3.05) is 21.2 Å². The quantitative estimate of drug-likeness (QED) is 0.845. The van der Waals surface area contributed by atoms with Crippen molar-refractivity contribution in [2.24, 2.45) is 0 Å². The van der Waals surface area contributed by atoms with Crippen molar-refractivity contribution in [3.05, 3.63) is 29.3 Å². The number of nitrogens with one attached hydrogen (secondary N) is 1. The molecule has 0 bridgehead atoms. The van der Waals surface area contributed by atoms with Crippen molar-refractivity contribution in [3.8, 4) is 5.75 Å². The van der Waals surface area contributed by atoms with Crippen LogP contribution < -0.4 is 9.46 Å². The number of hydrogen-bond donors (Lipinski definition) is 1. The molecule has 0 aliphatic rings. The van der Waals surface area contributed by atoms with Crippen LogP contribution in [0.4, 0.5) is 0 Å². The Labute approximate surface area is 109 Å². The molecule has 0 fully saturated rings. The molecular formula is C12H20N2O3S. The van der Waals surface area contributed by atoms with Crippen LogP contribution in [0.25, 0.3) is 0 Å². The molecule has 0 aromatic heterocycles. The fraction of sp³-hybridized carbons (Fsp3) is 0.500. The summed E-state index contributed by atoms with van der Waals surface area (Å²) in [5.41, 5.74) is 1.98. The molecule has 0 radical (unpaired) electrons. The fourth-order valence-corrected chi connectivity index (χ4v) is 2.13. The molecule has 102 valence electrons. The third-order valence-electron chi connectivity index (χ3n) is 2.67. The highest BCUT2D eigenvalue weighted by molar-refractivity contribution is 7.87. The molecule has 5 nitrogen and oxygen atoms in total. The Kier molecular flexibility index (Phi) is 5.13. The van der Waals surface area contributed by atoms with Gasteiger partial charge in [0.15, 0.2) is 0 Å². The van der Waals surface area contributed by atoms with E-state index in [0.717, 1.165) is 27.6 Å². The molecule has 6 heteroatoms. The largest absolute Gasteiger partial charge is 0.496 e. The second-order valence-electron chi connectivity index (χ2n) is 4.11. The molecule has 0 amide bonds. The summed E-state index contributed by atoms with van der Waals surface area (Å²) in [6, 6.07) is 5.67. The van der Waals surface area contributed by atoms with Crippen LogP contribution in [0.15, 0.2) is 18.2 Å². The smallest absolute Gasteiger partial charge is 0.279 e. The van der Waals surface area contributed by atoms with Gasteiger partial charge in [0.05, 0.1) is 7.11 Å². The van der Waals surface area contributed by atoms with E-state index < -0.39 is 10.2 Å².